The predicted molar refractivity (Wildman–Crippen MR) is 127 cm³/mol. The highest BCUT2D eigenvalue weighted by atomic mass is 19.1. The fourth-order valence-corrected chi connectivity index (χ4v) is 3.93. The first-order valence-electron chi connectivity index (χ1n) is 10.8. The number of piperidine rings is 1. The van der Waals surface area contributed by atoms with Crippen molar-refractivity contribution in [2.75, 3.05) is 43.2 Å². The van der Waals surface area contributed by atoms with Crippen LogP contribution in [0.3, 0.4) is 0 Å². The molecule has 4 rings (SSSR count). The van der Waals surface area contributed by atoms with Crippen LogP contribution >= 0.6 is 0 Å². The molecule has 35 heavy (non-hydrogen) atoms. The Balaban J connectivity index is 1.68. The molecule has 11 heteroatoms. The molecule has 2 heterocycles. The highest BCUT2D eigenvalue weighted by Gasteiger charge is 2.32. The Kier molecular flexibility index (Phi) is 6.78. The summed E-state index contributed by atoms with van der Waals surface area (Å²) in [4.78, 5) is 44.7. The summed E-state index contributed by atoms with van der Waals surface area (Å²) in [6.07, 6.45) is 0.210. The number of hydrogen-bond acceptors (Lipinski definition) is 7. The lowest BCUT2D eigenvalue weighted by Crippen LogP contribution is -2.45. The number of amides is 3. The van der Waals surface area contributed by atoms with E-state index in [4.69, 9.17) is 20.9 Å². The van der Waals surface area contributed by atoms with Gasteiger partial charge >= 0.3 is 0 Å². The third kappa shape index (κ3) is 4.85. The van der Waals surface area contributed by atoms with E-state index < -0.39 is 17.6 Å². The number of nitrogens with zero attached hydrogens (tertiary/aromatic N) is 3. The first-order valence-corrected chi connectivity index (χ1v) is 10.8. The topological polar surface area (TPSA) is 141 Å². The quantitative estimate of drug-likeness (QED) is 0.619. The molecule has 2 aliphatic heterocycles. The first-order chi connectivity index (χ1) is 16.8. The van der Waals surface area contributed by atoms with Gasteiger partial charge in [0.2, 0.25) is 0 Å². The van der Waals surface area contributed by atoms with Crippen molar-refractivity contribution >= 4 is 40.5 Å². The molecular weight excluding hydrogens is 457 g/mol. The second kappa shape index (κ2) is 9.94. The molecule has 2 aliphatic rings. The van der Waals surface area contributed by atoms with E-state index >= 15 is 0 Å². The van der Waals surface area contributed by atoms with E-state index in [9.17, 15) is 18.8 Å². The maximum atomic E-state index is 14.2. The minimum absolute atomic E-state index is 0.0224. The Hall–Kier alpha value is -4.25. The first kappa shape index (κ1) is 23.9. The van der Waals surface area contributed by atoms with Gasteiger partial charge in [-0.15, -0.1) is 0 Å². The predicted octanol–water partition coefficient (Wildman–Crippen LogP) is 1.40. The lowest BCUT2D eigenvalue weighted by atomic mass is 9.97. The van der Waals surface area contributed by atoms with Gasteiger partial charge in [0.15, 0.2) is 11.6 Å². The summed E-state index contributed by atoms with van der Waals surface area (Å²) in [5.74, 6) is -2.18. The molecule has 0 bridgehead atoms. The van der Waals surface area contributed by atoms with Crippen LogP contribution in [-0.4, -0.2) is 56.8 Å². The van der Waals surface area contributed by atoms with Crippen molar-refractivity contribution in [1.29, 1.82) is 0 Å². The molecule has 2 saturated heterocycles. The molecule has 2 aromatic rings. The van der Waals surface area contributed by atoms with Gasteiger partial charge in [0, 0.05) is 36.1 Å². The summed E-state index contributed by atoms with van der Waals surface area (Å²) >= 11 is 0. The van der Waals surface area contributed by atoms with Crippen LogP contribution in [0.5, 0.6) is 5.75 Å². The van der Waals surface area contributed by atoms with Crippen LogP contribution in [0.25, 0.3) is 0 Å². The summed E-state index contributed by atoms with van der Waals surface area (Å²) < 4.78 is 24.3. The van der Waals surface area contributed by atoms with E-state index in [1.54, 1.807) is 29.2 Å². The summed E-state index contributed by atoms with van der Waals surface area (Å²) in [6.45, 7) is 1.12. The number of anilines is 2. The fourth-order valence-electron chi connectivity index (χ4n) is 3.93. The highest BCUT2D eigenvalue weighted by Crippen LogP contribution is 2.29. The Morgan fingerprint density at radius 2 is 1.74 bits per heavy atom. The van der Waals surface area contributed by atoms with Crippen LogP contribution in [0.15, 0.2) is 58.7 Å². The summed E-state index contributed by atoms with van der Waals surface area (Å²) in [5, 5.41) is 0. The van der Waals surface area contributed by atoms with Gasteiger partial charge in [-0.25, -0.2) is 9.38 Å². The van der Waals surface area contributed by atoms with Crippen molar-refractivity contribution in [3.63, 3.8) is 0 Å². The number of aliphatic imine (C=N–C) groups is 1. The third-order valence-electron chi connectivity index (χ3n) is 5.74. The van der Waals surface area contributed by atoms with Crippen molar-refractivity contribution in [3.8, 4) is 5.75 Å². The van der Waals surface area contributed by atoms with Crippen molar-refractivity contribution in [2.45, 2.75) is 6.42 Å². The summed E-state index contributed by atoms with van der Waals surface area (Å²) in [5.41, 5.74) is 12.5. The van der Waals surface area contributed by atoms with Gasteiger partial charge in [0.05, 0.1) is 19.4 Å². The van der Waals surface area contributed by atoms with Gasteiger partial charge in [-0.2, -0.15) is 0 Å². The molecule has 4 N–H and O–H groups in total. The van der Waals surface area contributed by atoms with E-state index in [2.05, 4.69) is 4.99 Å². The third-order valence-corrected chi connectivity index (χ3v) is 5.74. The second-order valence-corrected chi connectivity index (χ2v) is 7.86. The molecule has 0 atom stereocenters. The van der Waals surface area contributed by atoms with Crippen molar-refractivity contribution in [2.24, 2.45) is 16.5 Å². The molecule has 2 fully saturated rings. The molecule has 10 nitrogen and oxygen atoms in total. The normalized spacial score (nSPS) is 19.2. The van der Waals surface area contributed by atoms with Gasteiger partial charge < -0.3 is 30.7 Å². The maximum absolute atomic E-state index is 14.2. The van der Waals surface area contributed by atoms with Crippen LogP contribution in [0, 0.1) is 5.82 Å². The van der Waals surface area contributed by atoms with Crippen LogP contribution in [0.2, 0.25) is 0 Å². The van der Waals surface area contributed by atoms with Crippen LogP contribution in [0.1, 0.15) is 6.42 Å². The van der Waals surface area contributed by atoms with E-state index in [0.717, 1.165) is 6.07 Å². The molecule has 0 unspecified atom stereocenters. The molecule has 0 aliphatic carbocycles. The molecule has 0 aromatic heterocycles. The number of halogens is 1. The Bertz CT molecular complexity index is 1240. The zero-order chi connectivity index (χ0) is 25.1. The molecule has 0 saturated carbocycles. The van der Waals surface area contributed by atoms with Crippen LogP contribution in [0.4, 0.5) is 21.5 Å². The van der Waals surface area contributed by atoms with E-state index in [1.165, 1.54) is 24.1 Å². The number of ether oxygens (including phenoxy) is 2. The number of primary amides is 1. The molecule has 182 valence electrons. The van der Waals surface area contributed by atoms with E-state index in [1.807, 2.05) is 0 Å². The Morgan fingerprint density at radius 3 is 2.34 bits per heavy atom. The summed E-state index contributed by atoms with van der Waals surface area (Å²) in [6, 6.07) is 10.9. The lowest BCUT2D eigenvalue weighted by Gasteiger charge is -2.31. The number of nitrogens with two attached hydrogens (primary N) is 2. The fraction of sp³-hybridized carbons (Fsp3) is 0.250. The molecule has 3 amide bonds. The average molecular weight is 481 g/mol. The summed E-state index contributed by atoms with van der Waals surface area (Å²) in [7, 11) is 1.33. The van der Waals surface area contributed by atoms with E-state index in [0.29, 0.717) is 24.5 Å². The molecule has 0 radical (unpaired) electrons. The van der Waals surface area contributed by atoms with Crippen molar-refractivity contribution in [3.05, 3.63) is 59.6 Å². The minimum atomic E-state index is -0.880. The van der Waals surface area contributed by atoms with Crippen molar-refractivity contribution in [1.82, 2.24) is 0 Å². The number of morpholine rings is 1. The standard InChI is InChI=1S/C24H24FN5O5/c1-34-19-7-2-14(12-18(19)25)28-22-17(21(26)23(27)32)8-9-30(24(22)33)16-5-3-15(4-6-16)29-10-11-35-13-20(29)31/h2-7,12H,8-11,13,26H2,1H3,(H2,27,32). The average Bonchev–Trinajstić information content (AvgIpc) is 2.85. The largest absolute Gasteiger partial charge is 0.494 e. The van der Waals surface area contributed by atoms with Gasteiger partial charge in [-0.05, 0) is 42.8 Å². The van der Waals surface area contributed by atoms with E-state index in [-0.39, 0.29) is 53.9 Å². The number of hydrogen-bond donors (Lipinski definition) is 2. The zero-order valence-electron chi connectivity index (χ0n) is 19.0. The number of rotatable bonds is 5. The molecular formula is C24H24FN5O5. The monoisotopic (exact) mass is 481 g/mol. The second-order valence-electron chi connectivity index (χ2n) is 7.86. The minimum Gasteiger partial charge on any atom is -0.494 e. The Labute approximate surface area is 200 Å². The number of carbonyl (C=O) groups is 3. The van der Waals surface area contributed by atoms with Gasteiger partial charge in [0.25, 0.3) is 17.7 Å². The smallest absolute Gasteiger partial charge is 0.277 e. The van der Waals surface area contributed by atoms with Gasteiger partial charge in [-0.3, -0.25) is 14.4 Å². The maximum Gasteiger partial charge on any atom is 0.277 e. The number of benzene rings is 2. The Morgan fingerprint density at radius 1 is 1.06 bits per heavy atom. The molecule has 0 spiro atoms. The van der Waals surface area contributed by atoms with Gasteiger partial charge in [-0.1, -0.05) is 0 Å². The molecule has 2 aromatic carbocycles. The zero-order valence-corrected chi connectivity index (χ0v) is 19.0. The number of carbonyl (C=O) groups excluding carboxylic acids is 3. The SMILES string of the molecule is COc1ccc(N=C2C(=O)N(c3ccc(N4CCOCC4=O)cc3)CCC2=C(N)C(N)=O)cc1F. The number of methoxy groups -OCH3 is 1. The highest BCUT2D eigenvalue weighted by molar-refractivity contribution is 6.51. The lowest BCUT2D eigenvalue weighted by molar-refractivity contribution is -0.125. The van der Waals surface area contributed by atoms with Crippen LogP contribution < -0.4 is 26.0 Å². The van der Waals surface area contributed by atoms with Gasteiger partial charge in [0.1, 0.15) is 18.0 Å². The van der Waals surface area contributed by atoms with Crippen molar-refractivity contribution < 1.29 is 28.2 Å². The van der Waals surface area contributed by atoms with Crippen LogP contribution in [-0.2, 0) is 19.1 Å².